The van der Waals surface area contributed by atoms with Crippen LogP contribution in [0.2, 0.25) is 0 Å². The molecule has 9 nitrogen and oxygen atoms in total. The number of carboxylic acids is 1. The molecule has 2 aliphatic rings. The first kappa shape index (κ1) is 24.3. The molecule has 0 saturated carbocycles. The van der Waals surface area contributed by atoms with Crippen molar-refractivity contribution in [2.45, 2.75) is 63.5 Å². The largest absolute Gasteiger partial charge is 0.479 e. The van der Waals surface area contributed by atoms with E-state index in [1.54, 1.807) is 0 Å². The van der Waals surface area contributed by atoms with E-state index in [1.165, 1.54) is 13.8 Å². The number of ether oxygens (including phenoxy) is 5. The molecular weight excluding hydrogens is 442 g/mol. The average Bonchev–Trinajstić information content (AvgIpc) is 2.84. The number of nitrogens with one attached hydrogen (secondary N) is 1. The molecule has 0 aromatic heterocycles. The third kappa shape index (κ3) is 5.81. The number of carbonyl (C=O) groups is 2. The van der Waals surface area contributed by atoms with Crippen LogP contribution in [-0.4, -0.2) is 60.3 Å². The van der Waals surface area contributed by atoms with Crippen molar-refractivity contribution in [2.24, 2.45) is 0 Å². The van der Waals surface area contributed by atoms with Gasteiger partial charge >= 0.3 is 5.97 Å². The van der Waals surface area contributed by atoms with E-state index in [0.29, 0.717) is 0 Å². The fraction of sp³-hybridized carbons (Fsp3) is 0.440. The molecule has 2 unspecified atom stereocenters. The molecule has 2 aromatic carbocycles. The number of fused-ring (bicyclic) bond motifs is 1. The summed E-state index contributed by atoms with van der Waals surface area (Å²) in [5.41, 5.74) is 1.73. The molecule has 2 fully saturated rings. The Morgan fingerprint density at radius 1 is 1.09 bits per heavy atom. The zero-order valence-corrected chi connectivity index (χ0v) is 19.0. The molecule has 2 heterocycles. The number of hydrogen-bond donors (Lipinski definition) is 2. The summed E-state index contributed by atoms with van der Waals surface area (Å²) in [5.74, 6) is -1.46. The van der Waals surface area contributed by atoms with Crippen LogP contribution in [0.15, 0.2) is 60.7 Å². The Hall–Kier alpha value is -2.82. The second-order valence-electron chi connectivity index (χ2n) is 8.32. The lowest BCUT2D eigenvalue weighted by Crippen LogP contribution is -2.67. The molecular formula is C25H29NO8. The quantitative estimate of drug-likeness (QED) is 0.604. The zero-order valence-electron chi connectivity index (χ0n) is 19.0. The van der Waals surface area contributed by atoms with Crippen LogP contribution in [0.25, 0.3) is 0 Å². The van der Waals surface area contributed by atoms with E-state index in [1.807, 2.05) is 60.7 Å². The fourth-order valence-corrected chi connectivity index (χ4v) is 4.09. The van der Waals surface area contributed by atoms with Gasteiger partial charge in [0.25, 0.3) is 0 Å². The van der Waals surface area contributed by atoms with Crippen molar-refractivity contribution in [1.82, 2.24) is 5.32 Å². The second-order valence-corrected chi connectivity index (χ2v) is 8.32. The number of benzene rings is 2. The standard InChI is InChI=1S/C25H29NO8/c1-15(23(28)29)32-22-20(26-16(2)27)25(30-13-17-9-5-3-6-10-17)33-19-14-31-24(34-21(19)22)18-11-7-4-8-12-18/h3-12,15,19-22,24-25H,13-14H2,1-2H3,(H,26,27)(H,28,29)/t15-,19?,20+,21-,22-,24?,25+/m1/s1. The Balaban J connectivity index is 1.59. The lowest BCUT2D eigenvalue weighted by molar-refractivity contribution is -0.351. The third-order valence-corrected chi connectivity index (χ3v) is 5.75. The Bertz CT molecular complexity index is 956. The predicted molar refractivity (Wildman–Crippen MR) is 119 cm³/mol. The lowest BCUT2D eigenvalue weighted by Gasteiger charge is -2.49. The van der Waals surface area contributed by atoms with Crippen molar-refractivity contribution in [1.29, 1.82) is 0 Å². The van der Waals surface area contributed by atoms with Gasteiger partial charge in [0.1, 0.15) is 24.4 Å². The second kappa shape index (κ2) is 11.1. The van der Waals surface area contributed by atoms with E-state index >= 15 is 0 Å². The van der Waals surface area contributed by atoms with E-state index in [9.17, 15) is 14.7 Å². The summed E-state index contributed by atoms with van der Waals surface area (Å²) in [4.78, 5) is 23.7. The van der Waals surface area contributed by atoms with Crippen LogP contribution < -0.4 is 5.32 Å². The van der Waals surface area contributed by atoms with Crippen LogP contribution in [0.3, 0.4) is 0 Å². The molecule has 0 spiro atoms. The van der Waals surface area contributed by atoms with Gasteiger partial charge in [0.05, 0.1) is 13.2 Å². The SMILES string of the molecule is CC(=O)N[C@@H]1[C@@H](OCc2ccccc2)OC2COC(c3ccccc3)O[C@H]2[C@@H]1O[C@H](C)C(=O)O. The number of aliphatic carboxylic acids is 1. The molecule has 0 aliphatic carbocycles. The lowest BCUT2D eigenvalue weighted by atomic mass is 9.95. The minimum absolute atomic E-state index is 0.184. The molecule has 0 radical (unpaired) electrons. The first-order chi connectivity index (χ1) is 16.4. The minimum atomic E-state index is -1.14. The first-order valence-electron chi connectivity index (χ1n) is 11.2. The Labute approximate surface area is 197 Å². The van der Waals surface area contributed by atoms with Crippen LogP contribution in [0.1, 0.15) is 31.3 Å². The molecule has 2 N–H and O–H groups in total. The van der Waals surface area contributed by atoms with Gasteiger partial charge in [-0.2, -0.15) is 0 Å². The molecule has 2 saturated heterocycles. The molecule has 9 heteroatoms. The maximum atomic E-state index is 12.1. The highest BCUT2D eigenvalue weighted by atomic mass is 16.8. The highest BCUT2D eigenvalue weighted by molar-refractivity contribution is 5.73. The predicted octanol–water partition coefficient (Wildman–Crippen LogP) is 2.41. The Kier molecular flexibility index (Phi) is 7.91. The normalized spacial score (nSPS) is 29.6. The van der Waals surface area contributed by atoms with Crippen molar-refractivity contribution >= 4 is 11.9 Å². The summed E-state index contributed by atoms with van der Waals surface area (Å²) in [6, 6.07) is 18.1. The summed E-state index contributed by atoms with van der Waals surface area (Å²) in [6.45, 7) is 3.22. The van der Waals surface area contributed by atoms with Gasteiger partial charge in [-0.25, -0.2) is 4.79 Å². The van der Waals surface area contributed by atoms with Gasteiger partial charge in [-0.3, -0.25) is 4.79 Å². The van der Waals surface area contributed by atoms with Gasteiger partial charge < -0.3 is 34.1 Å². The van der Waals surface area contributed by atoms with Gasteiger partial charge in [-0.1, -0.05) is 60.7 Å². The van der Waals surface area contributed by atoms with E-state index in [-0.39, 0.29) is 19.1 Å². The van der Waals surface area contributed by atoms with E-state index in [4.69, 9.17) is 23.7 Å². The van der Waals surface area contributed by atoms with Gasteiger partial charge in [-0.15, -0.1) is 0 Å². The van der Waals surface area contributed by atoms with Crippen molar-refractivity contribution in [3.8, 4) is 0 Å². The molecule has 2 aromatic rings. The highest BCUT2D eigenvalue weighted by Crippen LogP contribution is 2.36. The van der Waals surface area contributed by atoms with Crippen molar-refractivity contribution < 1.29 is 38.4 Å². The number of amides is 1. The summed E-state index contributed by atoms with van der Waals surface area (Å²) in [6.07, 6.45) is -4.87. The molecule has 7 atom stereocenters. The van der Waals surface area contributed by atoms with E-state index in [0.717, 1.165) is 11.1 Å². The van der Waals surface area contributed by atoms with Gasteiger partial charge in [-0.05, 0) is 12.5 Å². The topological polar surface area (TPSA) is 113 Å². The smallest absolute Gasteiger partial charge is 0.332 e. The van der Waals surface area contributed by atoms with Crippen LogP contribution in [0, 0.1) is 0 Å². The summed E-state index contributed by atoms with van der Waals surface area (Å²) in [5, 5.41) is 12.3. The summed E-state index contributed by atoms with van der Waals surface area (Å²) in [7, 11) is 0. The van der Waals surface area contributed by atoms with Gasteiger partial charge in [0.2, 0.25) is 5.91 Å². The molecule has 1 amide bonds. The van der Waals surface area contributed by atoms with Gasteiger partial charge in [0.15, 0.2) is 18.7 Å². The third-order valence-electron chi connectivity index (χ3n) is 5.75. The van der Waals surface area contributed by atoms with E-state index in [2.05, 4.69) is 5.32 Å². The number of rotatable bonds is 8. The van der Waals surface area contributed by atoms with Crippen LogP contribution in [0.4, 0.5) is 0 Å². The average molecular weight is 472 g/mol. The van der Waals surface area contributed by atoms with Crippen LogP contribution >= 0.6 is 0 Å². The fourth-order valence-electron chi connectivity index (χ4n) is 4.09. The van der Waals surface area contributed by atoms with Crippen molar-refractivity contribution in [3.05, 3.63) is 71.8 Å². The first-order valence-corrected chi connectivity index (χ1v) is 11.2. The van der Waals surface area contributed by atoms with Crippen molar-refractivity contribution in [3.63, 3.8) is 0 Å². The monoisotopic (exact) mass is 471 g/mol. The number of carboxylic acid groups (broad SMARTS) is 1. The zero-order chi connectivity index (χ0) is 24.1. The maximum absolute atomic E-state index is 12.1. The summed E-state index contributed by atoms with van der Waals surface area (Å²) >= 11 is 0. The molecule has 34 heavy (non-hydrogen) atoms. The van der Waals surface area contributed by atoms with Crippen molar-refractivity contribution in [2.75, 3.05) is 6.61 Å². The van der Waals surface area contributed by atoms with Crippen LogP contribution in [0.5, 0.6) is 0 Å². The molecule has 0 bridgehead atoms. The molecule has 182 valence electrons. The Morgan fingerprint density at radius 3 is 2.41 bits per heavy atom. The number of hydrogen-bond acceptors (Lipinski definition) is 7. The minimum Gasteiger partial charge on any atom is -0.479 e. The highest BCUT2D eigenvalue weighted by Gasteiger charge is 2.52. The summed E-state index contributed by atoms with van der Waals surface area (Å²) < 4.78 is 30.3. The molecule has 4 rings (SSSR count). The van der Waals surface area contributed by atoms with Gasteiger partial charge in [0, 0.05) is 12.5 Å². The van der Waals surface area contributed by atoms with E-state index < -0.39 is 49.0 Å². The van der Waals surface area contributed by atoms with Crippen LogP contribution in [-0.2, 0) is 39.9 Å². The maximum Gasteiger partial charge on any atom is 0.332 e. The molecule has 2 aliphatic heterocycles. The number of carbonyl (C=O) groups excluding carboxylic acids is 1. The Morgan fingerprint density at radius 2 is 1.76 bits per heavy atom.